The summed E-state index contributed by atoms with van der Waals surface area (Å²) < 4.78 is 7.34. The highest BCUT2D eigenvalue weighted by Gasteiger charge is 2.26. The number of rotatable bonds is 17. The summed E-state index contributed by atoms with van der Waals surface area (Å²) in [6.07, 6.45) is 10.6. The number of para-hydroxylation sites is 1. The summed E-state index contributed by atoms with van der Waals surface area (Å²) in [7, 11) is 0. The lowest BCUT2D eigenvalue weighted by Gasteiger charge is -2.11. The van der Waals surface area contributed by atoms with E-state index in [1.165, 1.54) is 56.7 Å². The van der Waals surface area contributed by atoms with E-state index in [1.54, 1.807) is 22.8 Å². The average Bonchev–Trinajstić information content (AvgIpc) is 3.22. The largest absolute Gasteiger partial charge is 0.492 e. The Morgan fingerprint density at radius 1 is 0.868 bits per heavy atom. The fraction of sp³-hybridized carbons (Fsp3) is 0.433. The van der Waals surface area contributed by atoms with Crippen LogP contribution in [0.5, 0.6) is 5.75 Å². The first-order valence-electron chi connectivity index (χ1n) is 13.4. The standard InChI is InChI=1S/C30H36ClNO6/c1-2-3-4-5-6-7-8-9-10-15-26(33)27-23-13-11-12-14-25(23)32(28(27)30(36)37)18-19-38-21-16-17-22(29(34)35)24(31)20-21/h11-14,16-17,20H,2-10,15,18-19H2,1H3,(H,34,35)(H,36,37). The molecule has 2 aromatic carbocycles. The summed E-state index contributed by atoms with van der Waals surface area (Å²) in [6, 6.07) is 11.5. The highest BCUT2D eigenvalue weighted by molar-refractivity contribution is 6.33. The first kappa shape index (κ1) is 29.2. The molecule has 0 saturated heterocycles. The van der Waals surface area contributed by atoms with Crippen LogP contribution in [0.3, 0.4) is 0 Å². The number of nitrogens with zero attached hydrogens (tertiary/aromatic N) is 1. The molecule has 0 aliphatic rings. The molecule has 0 spiro atoms. The second-order valence-electron chi connectivity index (χ2n) is 9.49. The highest BCUT2D eigenvalue weighted by Crippen LogP contribution is 2.29. The van der Waals surface area contributed by atoms with Crippen molar-refractivity contribution in [3.05, 3.63) is 64.3 Å². The van der Waals surface area contributed by atoms with Crippen molar-refractivity contribution in [2.45, 2.75) is 77.7 Å². The average molecular weight is 542 g/mol. The van der Waals surface area contributed by atoms with Crippen LogP contribution in [0.25, 0.3) is 10.9 Å². The Morgan fingerprint density at radius 3 is 2.16 bits per heavy atom. The van der Waals surface area contributed by atoms with Gasteiger partial charge in [0.1, 0.15) is 18.1 Å². The number of carboxylic acid groups (broad SMARTS) is 2. The predicted octanol–water partition coefficient (Wildman–Crippen LogP) is 7.87. The van der Waals surface area contributed by atoms with Gasteiger partial charge in [-0.25, -0.2) is 9.59 Å². The van der Waals surface area contributed by atoms with Crippen LogP contribution in [0.15, 0.2) is 42.5 Å². The zero-order valence-electron chi connectivity index (χ0n) is 21.9. The van der Waals surface area contributed by atoms with E-state index >= 15 is 0 Å². The Morgan fingerprint density at radius 2 is 1.53 bits per heavy atom. The molecule has 0 aliphatic heterocycles. The van der Waals surface area contributed by atoms with E-state index in [2.05, 4.69) is 6.92 Å². The number of fused-ring (bicyclic) bond motifs is 1. The lowest BCUT2D eigenvalue weighted by atomic mass is 10.0. The van der Waals surface area contributed by atoms with E-state index in [0.717, 1.165) is 19.3 Å². The van der Waals surface area contributed by atoms with Gasteiger partial charge in [0.2, 0.25) is 0 Å². The lowest BCUT2D eigenvalue weighted by molar-refractivity contribution is 0.0675. The molecule has 3 aromatic rings. The highest BCUT2D eigenvalue weighted by atomic mass is 35.5. The van der Waals surface area contributed by atoms with Crippen molar-refractivity contribution in [2.75, 3.05) is 6.61 Å². The molecule has 1 aromatic heterocycles. The van der Waals surface area contributed by atoms with Crippen LogP contribution >= 0.6 is 11.6 Å². The van der Waals surface area contributed by atoms with Gasteiger partial charge in [0, 0.05) is 17.3 Å². The van der Waals surface area contributed by atoms with Crippen LogP contribution < -0.4 is 4.74 Å². The lowest BCUT2D eigenvalue weighted by Crippen LogP contribution is -2.16. The van der Waals surface area contributed by atoms with Gasteiger partial charge in [0.05, 0.1) is 22.7 Å². The number of carbonyl (C=O) groups excluding carboxylic acids is 1. The minimum atomic E-state index is -1.16. The summed E-state index contributed by atoms with van der Waals surface area (Å²) in [6.45, 7) is 2.50. The van der Waals surface area contributed by atoms with Crippen molar-refractivity contribution in [3.63, 3.8) is 0 Å². The van der Waals surface area contributed by atoms with E-state index in [0.29, 0.717) is 23.1 Å². The third-order valence-electron chi connectivity index (χ3n) is 6.71. The minimum Gasteiger partial charge on any atom is -0.492 e. The number of carboxylic acids is 2. The van der Waals surface area contributed by atoms with E-state index in [9.17, 15) is 19.5 Å². The first-order valence-corrected chi connectivity index (χ1v) is 13.8. The summed E-state index contributed by atoms with van der Waals surface area (Å²) >= 11 is 6.02. The second kappa shape index (κ2) is 14.6. The van der Waals surface area contributed by atoms with Gasteiger partial charge in [-0.1, -0.05) is 88.1 Å². The molecule has 0 atom stereocenters. The maximum Gasteiger partial charge on any atom is 0.353 e. The number of unbranched alkanes of at least 4 members (excludes halogenated alkanes) is 8. The number of carbonyl (C=O) groups is 3. The molecule has 1 heterocycles. The fourth-order valence-corrected chi connectivity index (χ4v) is 5.03. The molecule has 0 unspecified atom stereocenters. The molecule has 7 nitrogen and oxygen atoms in total. The maximum atomic E-state index is 13.3. The van der Waals surface area contributed by atoms with Gasteiger partial charge in [-0.05, 0) is 30.7 Å². The molecule has 0 bridgehead atoms. The Hall–Kier alpha value is -3.32. The van der Waals surface area contributed by atoms with E-state index in [4.69, 9.17) is 21.4 Å². The van der Waals surface area contributed by atoms with Gasteiger partial charge in [0.15, 0.2) is 5.78 Å². The van der Waals surface area contributed by atoms with Crippen LogP contribution in [0.2, 0.25) is 5.02 Å². The summed E-state index contributed by atoms with van der Waals surface area (Å²) in [4.78, 5) is 36.7. The third kappa shape index (κ3) is 7.60. The van der Waals surface area contributed by atoms with Gasteiger partial charge >= 0.3 is 11.9 Å². The fourth-order valence-electron chi connectivity index (χ4n) is 4.78. The van der Waals surface area contributed by atoms with Crippen LogP contribution in [0, 0.1) is 0 Å². The number of Topliss-reactive ketones (excluding diaryl/α,β-unsaturated/α-hetero) is 1. The molecule has 0 saturated carbocycles. The smallest absolute Gasteiger partial charge is 0.353 e. The number of aromatic carboxylic acids is 2. The molecule has 0 radical (unpaired) electrons. The van der Waals surface area contributed by atoms with Crippen LogP contribution in [-0.2, 0) is 6.54 Å². The molecular formula is C30H36ClNO6. The SMILES string of the molecule is CCCCCCCCCCCC(=O)c1c(C(=O)O)n(CCOc2ccc(C(=O)O)c(Cl)c2)c2ccccc12. The van der Waals surface area contributed by atoms with Crippen molar-refractivity contribution in [3.8, 4) is 5.75 Å². The Balaban J connectivity index is 1.67. The first-order chi connectivity index (χ1) is 18.3. The summed E-state index contributed by atoms with van der Waals surface area (Å²) in [5.41, 5.74) is 0.846. The van der Waals surface area contributed by atoms with E-state index in [-0.39, 0.29) is 40.8 Å². The number of aromatic nitrogens is 1. The van der Waals surface area contributed by atoms with Crippen molar-refractivity contribution >= 4 is 40.2 Å². The van der Waals surface area contributed by atoms with Gasteiger partial charge in [-0.15, -0.1) is 0 Å². The maximum absolute atomic E-state index is 13.3. The number of benzene rings is 2. The number of ketones is 1. The van der Waals surface area contributed by atoms with Crippen molar-refractivity contribution in [1.82, 2.24) is 4.57 Å². The second-order valence-corrected chi connectivity index (χ2v) is 9.90. The van der Waals surface area contributed by atoms with Gasteiger partial charge < -0.3 is 19.5 Å². The summed E-state index contributed by atoms with van der Waals surface area (Å²) in [5.74, 6) is -2.08. The Bertz CT molecular complexity index is 1270. The predicted molar refractivity (Wildman–Crippen MR) is 149 cm³/mol. The number of ether oxygens (including phenoxy) is 1. The molecule has 8 heteroatoms. The van der Waals surface area contributed by atoms with Crippen LogP contribution in [0.4, 0.5) is 0 Å². The Kier molecular flexibility index (Phi) is 11.2. The van der Waals surface area contributed by atoms with Crippen LogP contribution in [0.1, 0.15) is 102 Å². The number of hydrogen-bond donors (Lipinski definition) is 2. The zero-order valence-corrected chi connectivity index (χ0v) is 22.6. The van der Waals surface area contributed by atoms with Crippen LogP contribution in [-0.4, -0.2) is 39.1 Å². The minimum absolute atomic E-state index is 0.0290. The van der Waals surface area contributed by atoms with Crippen molar-refractivity contribution in [2.24, 2.45) is 0 Å². The van der Waals surface area contributed by atoms with E-state index in [1.807, 2.05) is 6.07 Å². The molecule has 204 valence electrons. The third-order valence-corrected chi connectivity index (χ3v) is 7.03. The quantitative estimate of drug-likeness (QED) is 0.133. The topological polar surface area (TPSA) is 106 Å². The molecule has 3 rings (SSSR count). The Labute approximate surface area is 228 Å². The molecular weight excluding hydrogens is 506 g/mol. The molecule has 0 fully saturated rings. The van der Waals surface area contributed by atoms with Gasteiger partial charge in [-0.2, -0.15) is 0 Å². The number of halogens is 1. The molecule has 0 aliphatic carbocycles. The van der Waals surface area contributed by atoms with Gasteiger partial charge in [-0.3, -0.25) is 4.79 Å². The molecule has 2 N–H and O–H groups in total. The normalized spacial score (nSPS) is 11.1. The molecule has 0 amide bonds. The number of hydrogen-bond acceptors (Lipinski definition) is 4. The monoisotopic (exact) mass is 541 g/mol. The molecule has 38 heavy (non-hydrogen) atoms. The van der Waals surface area contributed by atoms with Crippen molar-refractivity contribution in [1.29, 1.82) is 0 Å². The zero-order chi connectivity index (χ0) is 27.5. The van der Waals surface area contributed by atoms with Crippen molar-refractivity contribution < 1.29 is 29.3 Å². The van der Waals surface area contributed by atoms with Gasteiger partial charge in [0.25, 0.3) is 0 Å². The summed E-state index contributed by atoms with van der Waals surface area (Å²) in [5, 5.41) is 19.9. The van der Waals surface area contributed by atoms with E-state index < -0.39 is 11.9 Å².